The molecule has 15 heavy (non-hydrogen) atoms. The van der Waals surface area contributed by atoms with Crippen LogP contribution in [0.25, 0.3) is 12.2 Å². The van der Waals surface area contributed by atoms with Gasteiger partial charge in [-0.3, -0.25) is 0 Å². The first-order valence-corrected chi connectivity index (χ1v) is 5.26. The Bertz CT molecular complexity index is 319. The minimum absolute atomic E-state index is 0. The SMILES string of the molecule is C.C/C=C\c1ccccc1/C=C\CCC. The Morgan fingerprint density at radius 3 is 2.20 bits per heavy atom. The van der Waals surface area contributed by atoms with E-state index < -0.39 is 0 Å². The Kier molecular flexibility index (Phi) is 7.35. The quantitative estimate of drug-likeness (QED) is 0.632. The molecular weight excluding hydrogens is 180 g/mol. The highest BCUT2D eigenvalue weighted by molar-refractivity contribution is 5.64. The summed E-state index contributed by atoms with van der Waals surface area (Å²) in [5, 5.41) is 0. The fraction of sp³-hybridized carbons (Fsp3) is 0.333. The lowest BCUT2D eigenvalue weighted by atomic mass is 10.1. The van der Waals surface area contributed by atoms with E-state index in [0.29, 0.717) is 0 Å². The molecule has 0 aliphatic carbocycles. The minimum Gasteiger partial charge on any atom is -0.0870 e. The highest BCUT2D eigenvalue weighted by Crippen LogP contribution is 2.13. The summed E-state index contributed by atoms with van der Waals surface area (Å²) in [5.41, 5.74) is 2.60. The van der Waals surface area contributed by atoms with E-state index in [9.17, 15) is 0 Å². The van der Waals surface area contributed by atoms with Crippen LogP contribution in [0.1, 0.15) is 45.2 Å². The van der Waals surface area contributed by atoms with E-state index in [0.717, 1.165) is 6.42 Å². The van der Waals surface area contributed by atoms with Crippen LogP contribution < -0.4 is 0 Å². The van der Waals surface area contributed by atoms with Crippen molar-refractivity contribution in [2.24, 2.45) is 0 Å². The van der Waals surface area contributed by atoms with Gasteiger partial charge in [0.15, 0.2) is 0 Å². The van der Waals surface area contributed by atoms with E-state index in [4.69, 9.17) is 0 Å². The monoisotopic (exact) mass is 202 g/mol. The summed E-state index contributed by atoms with van der Waals surface area (Å²) in [5.74, 6) is 0. The molecule has 0 spiro atoms. The van der Waals surface area contributed by atoms with Gasteiger partial charge < -0.3 is 0 Å². The molecule has 0 fully saturated rings. The van der Waals surface area contributed by atoms with E-state index in [1.165, 1.54) is 17.5 Å². The van der Waals surface area contributed by atoms with E-state index >= 15 is 0 Å². The van der Waals surface area contributed by atoms with Gasteiger partial charge in [-0.1, -0.05) is 69.3 Å². The first-order chi connectivity index (χ1) is 6.88. The van der Waals surface area contributed by atoms with Gasteiger partial charge in [-0.2, -0.15) is 0 Å². The second-order valence-corrected chi connectivity index (χ2v) is 3.32. The molecule has 0 aromatic heterocycles. The predicted molar refractivity (Wildman–Crippen MR) is 71.8 cm³/mol. The van der Waals surface area contributed by atoms with Gasteiger partial charge in [-0.25, -0.2) is 0 Å². The second kappa shape index (κ2) is 8.05. The van der Waals surface area contributed by atoms with Gasteiger partial charge in [0.1, 0.15) is 0 Å². The Morgan fingerprint density at radius 2 is 1.67 bits per heavy atom. The van der Waals surface area contributed by atoms with Gasteiger partial charge in [0.2, 0.25) is 0 Å². The standard InChI is InChI=1S/C14H18.CH4/c1-3-5-6-10-14-12-8-7-11-13(14)9-4-2;/h4,6-12H,3,5H2,1-2H3;1H4/b9-4-,10-6-;. The van der Waals surface area contributed by atoms with E-state index in [2.05, 4.69) is 55.5 Å². The number of hydrogen-bond acceptors (Lipinski definition) is 0. The molecule has 0 N–H and O–H groups in total. The van der Waals surface area contributed by atoms with Crippen molar-refractivity contribution in [3.05, 3.63) is 47.5 Å². The summed E-state index contributed by atoms with van der Waals surface area (Å²) >= 11 is 0. The average molecular weight is 202 g/mol. The zero-order valence-corrected chi connectivity index (χ0v) is 9.03. The van der Waals surface area contributed by atoms with Crippen LogP contribution in [0.2, 0.25) is 0 Å². The fourth-order valence-corrected chi connectivity index (χ4v) is 1.37. The third-order valence-corrected chi connectivity index (χ3v) is 2.09. The van der Waals surface area contributed by atoms with Crippen molar-refractivity contribution >= 4 is 12.2 Å². The van der Waals surface area contributed by atoms with Crippen molar-refractivity contribution < 1.29 is 0 Å². The topological polar surface area (TPSA) is 0 Å². The largest absolute Gasteiger partial charge is 0.0870 e. The third kappa shape index (κ3) is 4.64. The molecule has 0 nitrogen and oxygen atoms in total. The first kappa shape index (κ1) is 13.7. The lowest BCUT2D eigenvalue weighted by Crippen LogP contribution is -1.78. The van der Waals surface area contributed by atoms with E-state index in [1.807, 2.05) is 6.92 Å². The molecule has 0 unspecified atom stereocenters. The maximum Gasteiger partial charge on any atom is -0.0187 e. The van der Waals surface area contributed by atoms with E-state index in [1.54, 1.807) is 0 Å². The van der Waals surface area contributed by atoms with Crippen LogP contribution in [-0.2, 0) is 0 Å². The molecule has 1 aromatic carbocycles. The Morgan fingerprint density at radius 1 is 1.07 bits per heavy atom. The van der Waals surface area contributed by atoms with Gasteiger partial charge in [-0.05, 0) is 24.5 Å². The number of allylic oxidation sites excluding steroid dienone is 2. The van der Waals surface area contributed by atoms with Gasteiger partial charge in [-0.15, -0.1) is 0 Å². The smallest absolute Gasteiger partial charge is 0.0187 e. The molecule has 0 heteroatoms. The second-order valence-electron chi connectivity index (χ2n) is 3.32. The van der Waals surface area contributed by atoms with Crippen LogP contribution in [0.4, 0.5) is 0 Å². The summed E-state index contributed by atoms with van der Waals surface area (Å²) in [6, 6.07) is 8.46. The molecule has 1 rings (SSSR count). The molecule has 0 radical (unpaired) electrons. The van der Waals surface area contributed by atoms with E-state index in [-0.39, 0.29) is 7.43 Å². The Balaban J connectivity index is 0.00000196. The third-order valence-electron chi connectivity index (χ3n) is 2.09. The summed E-state index contributed by atoms with van der Waals surface area (Å²) in [7, 11) is 0. The lowest BCUT2D eigenvalue weighted by molar-refractivity contribution is 0.962. The molecule has 0 aliphatic heterocycles. The summed E-state index contributed by atoms with van der Waals surface area (Å²) in [6.45, 7) is 4.24. The predicted octanol–water partition coefficient (Wildman–Crippen LogP) is 5.17. The zero-order valence-electron chi connectivity index (χ0n) is 9.03. The molecule has 0 heterocycles. The van der Waals surface area contributed by atoms with Crippen LogP contribution in [0.3, 0.4) is 0 Å². The summed E-state index contributed by atoms with van der Waals surface area (Å²) < 4.78 is 0. The number of hydrogen-bond donors (Lipinski definition) is 0. The fourth-order valence-electron chi connectivity index (χ4n) is 1.37. The number of rotatable bonds is 4. The lowest BCUT2D eigenvalue weighted by Gasteiger charge is -1.99. The number of unbranched alkanes of at least 4 members (excludes halogenated alkanes) is 1. The molecule has 0 saturated heterocycles. The highest BCUT2D eigenvalue weighted by atomic mass is 14.0. The molecule has 0 saturated carbocycles. The first-order valence-electron chi connectivity index (χ1n) is 5.26. The van der Waals surface area contributed by atoms with Crippen LogP contribution in [0.15, 0.2) is 36.4 Å². The average Bonchev–Trinajstić information content (AvgIpc) is 2.21. The highest BCUT2D eigenvalue weighted by Gasteiger charge is 1.92. The maximum absolute atomic E-state index is 2.24. The molecule has 0 bridgehead atoms. The Hall–Kier alpha value is -1.30. The summed E-state index contributed by atoms with van der Waals surface area (Å²) in [6.07, 6.45) is 11.0. The van der Waals surface area contributed by atoms with Crippen molar-refractivity contribution in [3.8, 4) is 0 Å². The minimum atomic E-state index is 0. The van der Waals surface area contributed by atoms with Crippen molar-refractivity contribution in [2.75, 3.05) is 0 Å². The van der Waals surface area contributed by atoms with Crippen LogP contribution >= 0.6 is 0 Å². The molecule has 0 amide bonds. The molecule has 0 aliphatic rings. The van der Waals surface area contributed by atoms with Crippen LogP contribution in [0, 0.1) is 0 Å². The van der Waals surface area contributed by atoms with Crippen LogP contribution in [0.5, 0.6) is 0 Å². The molecule has 1 aromatic rings. The van der Waals surface area contributed by atoms with Crippen molar-refractivity contribution in [3.63, 3.8) is 0 Å². The number of benzene rings is 1. The van der Waals surface area contributed by atoms with Crippen molar-refractivity contribution in [1.29, 1.82) is 0 Å². The maximum atomic E-state index is 2.24. The normalized spacial score (nSPS) is 10.8. The molecular formula is C15H22. The summed E-state index contributed by atoms with van der Waals surface area (Å²) in [4.78, 5) is 0. The van der Waals surface area contributed by atoms with Gasteiger partial charge in [0.25, 0.3) is 0 Å². The van der Waals surface area contributed by atoms with Gasteiger partial charge >= 0.3 is 0 Å². The van der Waals surface area contributed by atoms with Gasteiger partial charge in [0.05, 0.1) is 0 Å². The van der Waals surface area contributed by atoms with Crippen molar-refractivity contribution in [2.45, 2.75) is 34.1 Å². The van der Waals surface area contributed by atoms with Crippen LogP contribution in [-0.4, -0.2) is 0 Å². The van der Waals surface area contributed by atoms with Gasteiger partial charge in [0, 0.05) is 0 Å². The van der Waals surface area contributed by atoms with Crippen molar-refractivity contribution in [1.82, 2.24) is 0 Å². The Labute approximate surface area is 94.3 Å². The molecule has 82 valence electrons. The molecule has 0 atom stereocenters. The zero-order chi connectivity index (χ0) is 10.2.